The Bertz CT molecular complexity index is 691. The number of carbonyl (C=O) groups excluding carboxylic acids is 1. The molecular formula is C19H26N2O2S. The Balaban J connectivity index is 1.65. The molecule has 1 fully saturated rings. The van der Waals surface area contributed by atoms with E-state index in [1.807, 2.05) is 6.07 Å². The minimum atomic E-state index is 0.198. The van der Waals surface area contributed by atoms with Crippen LogP contribution in [0.3, 0.4) is 0 Å². The molecule has 0 aliphatic carbocycles. The SMILES string of the molecule is Cc1cc(C(=O)CN2CCC(CO)C2)c(C)n1CCc1cccs1. The van der Waals surface area contributed by atoms with Gasteiger partial charge < -0.3 is 9.67 Å². The maximum atomic E-state index is 12.7. The van der Waals surface area contributed by atoms with Gasteiger partial charge in [0, 0.05) is 41.5 Å². The van der Waals surface area contributed by atoms with Gasteiger partial charge in [-0.2, -0.15) is 0 Å². The molecule has 0 saturated carbocycles. The molecule has 0 spiro atoms. The van der Waals surface area contributed by atoms with E-state index in [2.05, 4.69) is 40.8 Å². The second kappa shape index (κ2) is 7.64. The molecule has 0 radical (unpaired) electrons. The first-order valence-electron chi connectivity index (χ1n) is 8.64. The molecule has 1 aliphatic heterocycles. The average molecular weight is 346 g/mol. The van der Waals surface area contributed by atoms with Crippen LogP contribution < -0.4 is 0 Å². The van der Waals surface area contributed by atoms with Crippen LogP contribution in [-0.2, 0) is 13.0 Å². The van der Waals surface area contributed by atoms with Crippen molar-refractivity contribution in [1.29, 1.82) is 0 Å². The lowest BCUT2D eigenvalue weighted by Crippen LogP contribution is -2.28. The van der Waals surface area contributed by atoms with Crippen LogP contribution in [0.15, 0.2) is 23.6 Å². The highest BCUT2D eigenvalue weighted by Crippen LogP contribution is 2.20. The van der Waals surface area contributed by atoms with E-state index in [1.54, 1.807) is 11.3 Å². The Labute approximate surface area is 147 Å². The van der Waals surface area contributed by atoms with Crippen LogP contribution in [0, 0.1) is 19.8 Å². The van der Waals surface area contributed by atoms with Gasteiger partial charge in [-0.25, -0.2) is 0 Å². The number of aliphatic hydroxyl groups excluding tert-OH is 1. The third-order valence-corrected chi connectivity index (χ3v) is 5.97. The van der Waals surface area contributed by atoms with Crippen molar-refractivity contribution in [2.75, 3.05) is 26.2 Å². The van der Waals surface area contributed by atoms with Gasteiger partial charge in [0.05, 0.1) is 6.54 Å². The molecule has 1 N–H and O–H groups in total. The third kappa shape index (κ3) is 3.79. The van der Waals surface area contributed by atoms with E-state index in [4.69, 9.17) is 0 Å². The Hall–Kier alpha value is -1.43. The van der Waals surface area contributed by atoms with E-state index in [1.165, 1.54) is 4.88 Å². The number of hydrogen-bond donors (Lipinski definition) is 1. The summed E-state index contributed by atoms with van der Waals surface area (Å²) in [5, 5.41) is 11.3. The molecule has 0 amide bonds. The van der Waals surface area contributed by atoms with Crippen LogP contribution >= 0.6 is 11.3 Å². The van der Waals surface area contributed by atoms with E-state index in [0.29, 0.717) is 12.5 Å². The van der Waals surface area contributed by atoms with Crippen LogP contribution in [0.5, 0.6) is 0 Å². The van der Waals surface area contributed by atoms with Gasteiger partial charge in [-0.15, -0.1) is 11.3 Å². The molecule has 3 rings (SSSR count). The summed E-state index contributed by atoms with van der Waals surface area (Å²) in [6.45, 7) is 7.48. The molecule has 0 bridgehead atoms. The van der Waals surface area contributed by atoms with Crippen molar-refractivity contribution < 1.29 is 9.90 Å². The molecule has 1 atom stereocenters. The van der Waals surface area contributed by atoms with Crippen LogP contribution in [0.1, 0.15) is 33.0 Å². The van der Waals surface area contributed by atoms with Crippen molar-refractivity contribution in [2.45, 2.75) is 33.2 Å². The zero-order chi connectivity index (χ0) is 17.1. The minimum Gasteiger partial charge on any atom is -0.396 e. The minimum absolute atomic E-state index is 0.198. The van der Waals surface area contributed by atoms with Crippen molar-refractivity contribution >= 4 is 17.1 Å². The summed E-state index contributed by atoms with van der Waals surface area (Å²) >= 11 is 1.78. The smallest absolute Gasteiger partial charge is 0.178 e. The summed E-state index contributed by atoms with van der Waals surface area (Å²) in [4.78, 5) is 16.2. The number of Topliss-reactive ketones (excluding diaryl/α,β-unsaturated/α-hetero) is 1. The molecule has 0 aromatic carbocycles. The van der Waals surface area contributed by atoms with Gasteiger partial charge in [0.15, 0.2) is 5.78 Å². The fourth-order valence-corrected chi connectivity index (χ4v) is 4.30. The third-order valence-electron chi connectivity index (χ3n) is 5.03. The van der Waals surface area contributed by atoms with Gasteiger partial charge in [-0.3, -0.25) is 9.69 Å². The molecule has 24 heavy (non-hydrogen) atoms. The lowest BCUT2D eigenvalue weighted by atomic mass is 10.1. The Morgan fingerprint density at radius 1 is 1.42 bits per heavy atom. The summed E-state index contributed by atoms with van der Waals surface area (Å²) < 4.78 is 2.26. The number of likely N-dealkylation sites (tertiary alicyclic amines) is 1. The highest BCUT2D eigenvalue weighted by atomic mass is 32.1. The number of aryl methyl sites for hydroxylation is 2. The van der Waals surface area contributed by atoms with Gasteiger partial charge >= 0.3 is 0 Å². The molecule has 1 unspecified atom stereocenters. The molecule has 2 aromatic rings. The first-order valence-corrected chi connectivity index (χ1v) is 9.52. The van der Waals surface area contributed by atoms with Crippen LogP contribution in [-0.4, -0.2) is 46.6 Å². The van der Waals surface area contributed by atoms with Crippen molar-refractivity contribution in [1.82, 2.24) is 9.47 Å². The number of rotatable bonds is 7. The van der Waals surface area contributed by atoms with Gasteiger partial charge in [0.2, 0.25) is 0 Å². The fraction of sp³-hybridized carbons (Fsp3) is 0.526. The van der Waals surface area contributed by atoms with Crippen molar-refractivity contribution in [3.63, 3.8) is 0 Å². The summed E-state index contributed by atoms with van der Waals surface area (Å²) in [6.07, 6.45) is 2.00. The molecule has 4 nitrogen and oxygen atoms in total. The van der Waals surface area contributed by atoms with E-state index in [-0.39, 0.29) is 12.4 Å². The van der Waals surface area contributed by atoms with E-state index >= 15 is 0 Å². The van der Waals surface area contributed by atoms with Gasteiger partial charge in [0.25, 0.3) is 0 Å². The monoisotopic (exact) mass is 346 g/mol. The lowest BCUT2D eigenvalue weighted by Gasteiger charge is -2.14. The maximum Gasteiger partial charge on any atom is 0.178 e. The summed E-state index contributed by atoms with van der Waals surface area (Å²) in [7, 11) is 0. The number of aliphatic hydroxyl groups is 1. The van der Waals surface area contributed by atoms with E-state index in [0.717, 1.165) is 49.4 Å². The second-order valence-electron chi connectivity index (χ2n) is 6.76. The number of carbonyl (C=O) groups is 1. The predicted octanol–water partition coefficient (Wildman–Crippen LogP) is 2.91. The van der Waals surface area contributed by atoms with Gasteiger partial charge in [0.1, 0.15) is 0 Å². The maximum absolute atomic E-state index is 12.7. The zero-order valence-corrected chi connectivity index (χ0v) is 15.3. The standard InChI is InChI=1S/C19H26N2O2S/c1-14-10-18(19(23)12-20-7-5-16(11-20)13-22)15(2)21(14)8-6-17-4-3-9-24-17/h3-4,9-10,16,22H,5-8,11-13H2,1-2H3. The second-order valence-corrected chi connectivity index (χ2v) is 7.79. The number of hydrogen-bond acceptors (Lipinski definition) is 4. The molecule has 5 heteroatoms. The van der Waals surface area contributed by atoms with Crippen LogP contribution in [0.25, 0.3) is 0 Å². The zero-order valence-electron chi connectivity index (χ0n) is 14.5. The quantitative estimate of drug-likeness (QED) is 0.784. The average Bonchev–Trinajstić information content (AvgIpc) is 3.28. The predicted molar refractivity (Wildman–Crippen MR) is 97.9 cm³/mol. The van der Waals surface area contributed by atoms with Crippen molar-refractivity contribution in [3.05, 3.63) is 45.4 Å². The molecular weight excluding hydrogens is 320 g/mol. The largest absolute Gasteiger partial charge is 0.396 e. The molecule has 130 valence electrons. The van der Waals surface area contributed by atoms with Gasteiger partial charge in [-0.05, 0) is 56.7 Å². The van der Waals surface area contributed by atoms with Crippen molar-refractivity contribution in [2.24, 2.45) is 5.92 Å². The summed E-state index contributed by atoms with van der Waals surface area (Å²) in [5.74, 6) is 0.528. The Morgan fingerprint density at radius 3 is 2.92 bits per heavy atom. The molecule has 2 aromatic heterocycles. The van der Waals surface area contributed by atoms with E-state index < -0.39 is 0 Å². The highest BCUT2D eigenvalue weighted by Gasteiger charge is 2.25. The number of aromatic nitrogens is 1. The van der Waals surface area contributed by atoms with E-state index in [9.17, 15) is 9.90 Å². The Kier molecular flexibility index (Phi) is 5.54. The van der Waals surface area contributed by atoms with Crippen LogP contribution in [0.2, 0.25) is 0 Å². The Morgan fingerprint density at radius 2 is 2.25 bits per heavy atom. The lowest BCUT2D eigenvalue weighted by molar-refractivity contribution is 0.0939. The highest BCUT2D eigenvalue weighted by molar-refractivity contribution is 7.09. The first-order chi connectivity index (χ1) is 11.6. The molecule has 1 aliphatic rings. The topological polar surface area (TPSA) is 45.5 Å². The van der Waals surface area contributed by atoms with Gasteiger partial charge in [-0.1, -0.05) is 6.07 Å². The number of thiophene rings is 1. The first kappa shape index (κ1) is 17.4. The molecule has 1 saturated heterocycles. The number of nitrogens with zero attached hydrogens (tertiary/aromatic N) is 2. The van der Waals surface area contributed by atoms with Crippen molar-refractivity contribution in [3.8, 4) is 0 Å². The molecule has 3 heterocycles. The normalized spacial score (nSPS) is 18.4. The van der Waals surface area contributed by atoms with Crippen LogP contribution in [0.4, 0.5) is 0 Å². The summed E-state index contributed by atoms with van der Waals surface area (Å²) in [6, 6.07) is 6.28. The summed E-state index contributed by atoms with van der Waals surface area (Å²) in [5.41, 5.74) is 3.08. The number of ketones is 1. The fourth-order valence-electron chi connectivity index (χ4n) is 3.60.